The molecule has 2 aromatic rings. The molecule has 2 saturated heterocycles. The highest BCUT2D eigenvalue weighted by Crippen LogP contribution is 2.44. The Bertz CT molecular complexity index is 822. The van der Waals surface area contributed by atoms with Crippen LogP contribution in [0.3, 0.4) is 0 Å². The van der Waals surface area contributed by atoms with Crippen molar-refractivity contribution in [2.75, 3.05) is 31.1 Å². The molecule has 0 aliphatic carbocycles. The van der Waals surface area contributed by atoms with Crippen molar-refractivity contribution in [3.8, 4) is 5.69 Å². The van der Waals surface area contributed by atoms with Gasteiger partial charge in [0, 0.05) is 26.2 Å². The number of amides is 1. The van der Waals surface area contributed by atoms with Gasteiger partial charge in [-0.05, 0) is 29.5 Å². The molecule has 9 nitrogen and oxygen atoms in total. The van der Waals surface area contributed by atoms with Gasteiger partial charge in [-0.1, -0.05) is 23.3 Å². The number of likely N-dealkylation sites (tertiary alicyclic amines) is 1. The van der Waals surface area contributed by atoms with E-state index < -0.39 is 17.3 Å². The van der Waals surface area contributed by atoms with E-state index in [1.165, 1.54) is 0 Å². The zero-order valence-corrected chi connectivity index (χ0v) is 13.7. The van der Waals surface area contributed by atoms with Crippen molar-refractivity contribution in [2.24, 2.45) is 11.3 Å². The van der Waals surface area contributed by atoms with E-state index in [0.717, 1.165) is 5.69 Å². The van der Waals surface area contributed by atoms with E-state index >= 15 is 0 Å². The van der Waals surface area contributed by atoms with E-state index in [1.807, 2.05) is 37.3 Å². The third kappa shape index (κ3) is 2.19. The quantitative estimate of drug-likeness (QED) is 0.836. The van der Waals surface area contributed by atoms with Gasteiger partial charge in [-0.2, -0.15) is 4.68 Å². The van der Waals surface area contributed by atoms with Crippen molar-refractivity contribution >= 4 is 17.8 Å². The van der Waals surface area contributed by atoms with Crippen LogP contribution in [0.4, 0.5) is 5.95 Å². The fraction of sp³-hybridized carbons (Fsp3) is 0.438. The van der Waals surface area contributed by atoms with Crippen molar-refractivity contribution in [2.45, 2.75) is 6.92 Å². The van der Waals surface area contributed by atoms with E-state index in [-0.39, 0.29) is 19.0 Å². The smallest absolute Gasteiger partial charge is 0.314 e. The molecular weight excluding hydrogens is 324 g/mol. The van der Waals surface area contributed by atoms with Crippen molar-refractivity contribution in [3.05, 3.63) is 30.3 Å². The number of benzene rings is 1. The van der Waals surface area contributed by atoms with Crippen molar-refractivity contribution in [3.63, 3.8) is 0 Å². The molecule has 2 aliphatic rings. The second-order valence-corrected chi connectivity index (χ2v) is 6.47. The third-order valence-corrected chi connectivity index (χ3v) is 5.17. The van der Waals surface area contributed by atoms with Gasteiger partial charge in [0.25, 0.3) is 0 Å². The molecule has 2 atom stereocenters. The van der Waals surface area contributed by atoms with E-state index in [1.54, 1.807) is 14.5 Å². The normalized spacial score (nSPS) is 25.5. The number of hydrogen-bond donors (Lipinski definition) is 1. The maximum atomic E-state index is 12.6. The number of hydrogen-bond acceptors (Lipinski definition) is 6. The van der Waals surface area contributed by atoms with Gasteiger partial charge >= 0.3 is 5.97 Å². The monoisotopic (exact) mass is 342 g/mol. The van der Waals surface area contributed by atoms with E-state index in [2.05, 4.69) is 15.5 Å². The van der Waals surface area contributed by atoms with E-state index in [0.29, 0.717) is 19.0 Å². The fourth-order valence-corrected chi connectivity index (χ4v) is 3.84. The van der Waals surface area contributed by atoms with Crippen LogP contribution in [0.2, 0.25) is 0 Å². The average molecular weight is 342 g/mol. The Morgan fingerprint density at radius 3 is 2.72 bits per heavy atom. The first-order chi connectivity index (χ1) is 12.1. The molecule has 4 rings (SSSR count). The van der Waals surface area contributed by atoms with Gasteiger partial charge in [0.2, 0.25) is 11.9 Å². The lowest BCUT2D eigenvalue weighted by atomic mass is 9.81. The lowest BCUT2D eigenvalue weighted by Gasteiger charge is -2.24. The number of aromatic nitrogens is 4. The van der Waals surface area contributed by atoms with Crippen molar-refractivity contribution in [1.82, 2.24) is 25.1 Å². The Balaban J connectivity index is 1.69. The second kappa shape index (κ2) is 5.54. The highest BCUT2D eigenvalue weighted by Gasteiger charge is 2.62. The van der Waals surface area contributed by atoms with Crippen LogP contribution in [0.5, 0.6) is 0 Å². The second-order valence-electron chi connectivity index (χ2n) is 6.47. The summed E-state index contributed by atoms with van der Waals surface area (Å²) in [6, 6.07) is 9.38. The number of carbonyl (C=O) groups is 2. The van der Waals surface area contributed by atoms with Crippen LogP contribution in [0.15, 0.2) is 30.3 Å². The van der Waals surface area contributed by atoms with Crippen LogP contribution in [-0.2, 0) is 9.59 Å². The van der Waals surface area contributed by atoms with Gasteiger partial charge in [-0.15, -0.1) is 0 Å². The predicted octanol–water partition coefficient (Wildman–Crippen LogP) is 0.0316. The number of rotatable bonds is 4. The first-order valence-corrected chi connectivity index (χ1v) is 8.18. The first-order valence-electron chi connectivity index (χ1n) is 8.18. The highest BCUT2D eigenvalue weighted by atomic mass is 16.4. The summed E-state index contributed by atoms with van der Waals surface area (Å²) in [7, 11) is 0. The molecule has 0 spiro atoms. The molecule has 130 valence electrons. The molecule has 25 heavy (non-hydrogen) atoms. The third-order valence-electron chi connectivity index (χ3n) is 5.17. The molecule has 1 amide bonds. The summed E-state index contributed by atoms with van der Waals surface area (Å²) in [6.07, 6.45) is 0. The highest BCUT2D eigenvalue weighted by molar-refractivity contribution is 5.93. The number of tetrazole rings is 1. The number of nitrogens with zero attached hydrogens (tertiary/aromatic N) is 6. The van der Waals surface area contributed by atoms with Crippen LogP contribution >= 0.6 is 0 Å². The molecule has 3 heterocycles. The Morgan fingerprint density at radius 2 is 2.08 bits per heavy atom. The largest absolute Gasteiger partial charge is 0.481 e. The summed E-state index contributed by atoms with van der Waals surface area (Å²) in [5, 5.41) is 21.7. The van der Waals surface area contributed by atoms with Gasteiger partial charge in [-0.3, -0.25) is 9.59 Å². The Kier molecular flexibility index (Phi) is 3.45. The predicted molar refractivity (Wildman–Crippen MR) is 87.2 cm³/mol. The molecule has 1 aromatic carbocycles. The summed E-state index contributed by atoms with van der Waals surface area (Å²) in [6.45, 7) is 3.12. The van der Waals surface area contributed by atoms with Crippen LogP contribution in [0.1, 0.15) is 6.92 Å². The zero-order valence-electron chi connectivity index (χ0n) is 13.7. The molecule has 1 N–H and O–H groups in total. The molecule has 2 aliphatic heterocycles. The number of para-hydroxylation sites is 1. The first kappa shape index (κ1) is 15.6. The number of aliphatic carboxylic acids is 1. The van der Waals surface area contributed by atoms with Gasteiger partial charge in [-0.25, -0.2) is 0 Å². The zero-order chi connectivity index (χ0) is 17.6. The number of carbonyl (C=O) groups excluding carboxylic acids is 1. The van der Waals surface area contributed by atoms with Gasteiger partial charge in [0.15, 0.2) is 0 Å². The number of carboxylic acids is 1. The summed E-state index contributed by atoms with van der Waals surface area (Å²) in [5.41, 5.74) is -0.328. The molecule has 0 radical (unpaired) electrons. The van der Waals surface area contributed by atoms with Crippen LogP contribution in [-0.4, -0.2) is 68.3 Å². The van der Waals surface area contributed by atoms with Crippen LogP contribution < -0.4 is 4.90 Å². The SMILES string of the molecule is CCN1C[C@@]2(C(=O)O)CN(c3nnnn3-c3ccccc3)C[C@H]2C1=O. The summed E-state index contributed by atoms with van der Waals surface area (Å²) < 4.78 is 1.57. The number of anilines is 1. The van der Waals surface area contributed by atoms with Crippen molar-refractivity contribution in [1.29, 1.82) is 0 Å². The number of fused-ring (bicyclic) bond motifs is 1. The van der Waals surface area contributed by atoms with E-state index in [4.69, 9.17) is 0 Å². The molecule has 0 saturated carbocycles. The minimum Gasteiger partial charge on any atom is -0.481 e. The number of carboxylic acid groups (broad SMARTS) is 1. The Morgan fingerprint density at radius 1 is 1.32 bits per heavy atom. The van der Waals surface area contributed by atoms with Crippen molar-refractivity contribution < 1.29 is 14.7 Å². The fourth-order valence-electron chi connectivity index (χ4n) is 3.84. The standard InChI is InChI=1S/C16H18N6O3/c1-2-20-9-16(14(24)25)10-21(8-12(16)13(20)23)15-17-18-19-22(15)11-6-4-3-5-7-11/h3-7,12H,2,8-10H2,1H3,(H,24,25)/t12-,16+/m0/s1. The summed E-state index contributed by atoms with van der Waals surface area (Å²) in [4.78, 5) is 28.0. The van der Waals surface area contributed by atoms with Gasteiger partial charge < -0.3 is 14.9 Å². The van der Waals surface area contributed by atoms with Crippen LogP contribution in [0.25, 0.3) is 5.69 Å². The van der Waals surface area contributed by atoms with E-state index in [9.17, 15) is 14.7 Å². The van der Waals surface area contributed by atoms with Crippen LogP contribution in [0, 0.1) is 11.3 Å². The molecule has 1 aromatic heterocycles. The lowest BCUT2D eigenvalue weighted by Crippen LogP contribution is -2.41. The van der Waals surface area contributed by atoms with Gasteiger partial charge in [0.1, 0.15) is 5.41 Å². The molecule has 9 heteroatoms. The minimum atomic E-state index is -1.11. The minimum absolute atomic E-state index is 0.105. The average Bonchev–Trinajstić information content (AvgIpc) is 3.30. The maximum Gasteiger partial charge on any atom is 0.314 e. The Hall–Kier alpha value is -2.97. The topological polar surface area (TPSA) is 104 Å². The summed E-state index contributed by atoms with van der Waals surface area (Å²) in [5.74, 6) is -1.17. The molecule has 0 unspecified atom stereocenters. The Labute approximate surface area is 143 Å². The maximum absolute atomic E-state index is 12.6. The molecule has 2 fully saturated rings. The lowest BCUT2D eigenvalue weighted by molar-refractivity contribution is -0.149. The molecular formula is C16H18N6O3. The van der Waals surface area contributed by atoms with Gasteiger partial charge in [0.05, 0.1) is 11.6 Å². The summed E-state index contributed by atoms with van der Waals surface area (Å²) >= 11 is 0. The molecule has 0 bridgehead atoms.